The lowest BCUT2D eigenvalue weighted by Gasteiger charge is -2.12. The summed E-state index contributed by atoms with van der Waals surface area (Å²) in [6.07, 6.45) is 0.847. The van der Waals surface area contributed by atoms with Gasteiger partial charge in [-0.1, -0.05) is 42.5 Å². The molecule has 0 spiro atoms. The van der Waals surface area contributed by atoms with Crippen LogP contribution in [0.2, 0.25) is 0 Å². The first-order valence-corrected chi connectivity index (χ1v) is 10.6. The lowest BCUT2D eigenvalue weighted by Crippen LogP contribution is -2.83. The van der Waals surface area contributed by atoms with Gasteiger partial charge < -0.3 is 10.1 Å². The van der Waals surface area contributed by atoms with Gasteiger partial charge in [-0.05, 0) is 41.5 Å². The third-order valence-corrected chi connectivity index (χ3v) is 5.46. The number of ether oxygens (including phenoxy) is 1. The summed E-state index contributed by atoms with van der Waals surface area (Å²) in [5, 5.41) is 9.81. The highest BCUT2D eigenvalue weighted by molar-refractivity contribution is 7.89. The molecular weight excluding hydrogens is 360 g/mol. The minimum absolute atomic E-state index is 0.146. The highest BCUT2D eigenvalue weighted by atomic mass is 32.2. The molecular formula is C21H25N2O3S+. The topological polar surface area (TPSA) is 86.0 Å². The lowest BCUT2D eigenvalue weighted by molar-refractivity contribution is -0.670. The summed E-state index contributed by atoms with van der Waals surface area (Å²) in [5.74, 6) is 0.935. The van der Waals surface area contributed by atoms with Crippen LogP contribution in [0.1, 0.15) is 18.1 Å². The van der Waals surface area contributed by atoms with Crippen molar-refractivity contribution in [1.82, 2.24) is 0 Å². The third-order valence-electron chi connectivity index (χ3n) is 4.53. The number of sulfonamides is 1. The normalized spacial score (nSPS) is 11.6. The first-order chi connectivity index (χ1) is 13.0. The molecule has 0 heterocycles. The molecule has 5 nitrogen and oxygen atoms in total. The van der Waals surface area contributed by atoms with Crippen LogP contribution in [-0.2, 0) is 23.0 Å². The monoisotopic (exact) mass is 385 g/mol. The molecule has 0 fully saturated rings. The number of hydrogen-bond donors (Lipinski definition) is 2. The van der Waals surface area contributed by atoms with Crippen LogP contribution >= 0.6 is 0 Å². The van der Waals surface area contributed by atoms with Crippen LogP contribution in [0.15, 0.2) is 65.6 Å². The standard InChI is InChI=1S/C21H24N2O3S/c1-2-26-21-12-9-17-5-3-4-6-19(17)20(21)15-23-14-13-16-7-10-18(11-8-16)27(22,24)25/h3-12,23H,2,13-15H2,1H3,(H2,22,24,25)/p+1. The van der Waals surface area contributed by atoms with E-state index in [1.54, 1.807) is 12.1 Å². The average Bonchev–Trinajstić information content (AvgIpc) is 2.66. The molecule has 0 amide bonds. The fraction of sp³-hybridized carbons (Fsp3) is 0.238. The molecule has 0 saturated carbocycles. The molecule has 0 aromatic heterocycles. The van der Waals surface area contributed by atoms with E-state index < -0.39 is 10.0 Å². The van der Waals surface area contributed by atoms with Gasteiger partial charge in [0.15, 0.2) is 0 Å². The van der Waals surface area contributed by atoms with Crippen molar-refractivity contribution in [3.05, 3.63) is 71.8 Å². The zero-order chi connectivity index (χ0) is 19.3. The summed E-state index contributed by atoms with van der Waals surface area (Å²) in [6, 6.07) is 19.2. The second-order valence-electron chi connectivity index (χ2n) is 6.42. The van der Waals surface area contributed by atoms with Gasteiger partial charge in [0, 0.05) is 6.42 Å². The lowest BCUT2D eigenvalue weighted by atomic mass is 10.0. The molecule has 3 rings (SSSR count). The van der Waals surface area contributed by atoms with E-state index in [0.29, 0.717) is 6.61 Å². The van der Waals surface area contributed by atoms with Gasteiger partial charge in [-0.3, -0.25) is 0 Å². The summed E-state index contributed by atoms with van der Waals surface area (Å²) in [5.41, 5.74) is 2.29. The van der Waals surface area contributed by atoms with Gasteiger partial charge in [0.25, 0.3) is 0 Å². The number of hydrogen-bond acceptors (Lipinski definition) is 3. The van der Waals surface area contributed by atoms with Crippen LogP contribution in [0, 0.1) is 0 Å². The second kappa shape index (κ2) is 8.52. The van der Waals surface area contributed by atoms with Crippen molar-refractivity contribution in [2.45, 2.75) is 24.8 Å². The van der Waals surface area contributed by atoms with Crippen molar-refractivity contribution in [2.24, 2.45) is 5.14 Å². The Morgan fingerprint density at radius 1 is 1.00 bits per heavy atom. The van der Waals surface area contributed by atoms with Crippen LogP contribution in [0.25, 0.3) is 10.8 Å². The molecule has 3 aromatic carbocycles. The number of quaternary nitrogens is 1. The second-order valence-corrected chi connectivity index (χ2v) is 7.98. The molecule has 0 bridgehead atoms. The Bertz CT molecular complexity index is 1020. The highest BCUT2D eigenvalue weighted by Gasteiger charge is 2.11. The van der Waals surface area contributed by atoms with E-state index in [1.165, 1.54) is 16.3 Å². The van der Waals surface area contributed by atoms with Gasteiger partial charge in [0.05, 0.1) is 23.6 Å². The van der Waals surface area contributed by atoms with Crippen LogP contribution in [0.4, 0.5) is 0 Å². The minimum atomic E-state index is -3.63. The molecule has 0 aliphatic heterocycles. The molecule has 0 unspecified atom stereocenters. The molecule has 142 valence electrons. The Morgan fingerprint density at radius 2 is 1.74 bits per heavy atom. The minimum Gasteiger partial charge on any atom is -0.493 e. The van der Waals surface area contributed by atoms with Gasteiger partial charge in [0.1, 0.15) is 12.3 Å². The van der Waals surface area contributed by atoms with Gasteiger partial charge in [-0.25, -0.2) is 13.6 Å². The molecule has 0 aliphatic rings. The van der Waals surface area contributed by atoms with E-state index in [4.69, 9.17) is 9.88 Å². The summed E-state index contributed by atoms with van der Waals surface area (Å²) in [6.45, 7) is 4.35. The maximum atomic E-state index is 11.3. The molecule has 4 N–H and O–H groups in total. The Hall–Kier alpha value is -2.41. The Kier molecular flexibility index (Phi) is 6.11. The molecule has 0 aliphatic carbocycles. The number of fused-ring (bicyclic) bond motifs is 1. The van der Waals surface area contributed by atoms with Crippen molar-refractivity contribution in [1.29, 1.82) is 0 Å². The number of benzene rings is 3. The molecule has 6 heteroatoms. The Morgan fingerprint density at radius 3 is 2.44 bits per heavy atom. The summed E-state index contributed by atoms with van der Waals surface area (Å²) in [7, 11) is -3.63. The fourth-order valence-corrected chi connectivity index (χ4v) is 3.69. The van der Waals surface area contributed by atoms with Crippen molar-refractivity contribution < 1.29 is 18.5 Å². The summed E-state index contributed by atoms with van der Waals surface area (Å²) in [4.78, 5) is 0.146. The van der Waals surface area contributed by atoms with Crippen LogP contribution < -0.4 is 15.2 Å². The zero-order valence-corrected chi connectivity index (χ0v) is 16.2. The van der Waals surface area contributed by atoms with E-state index in [-0.39, 0.29) is 4.90 Å². The largest absolute Gasteiger partial charge is 0.493 e. The van der Waals surface area contributed by atoms with Crippen molar-refractivity contribution in [3.63, 3.8) is 0 Å². The van der Waals surface area contributed by atoms with E-state index >= 15 is 0 Å². The highest BCUT2D eigenvalue weighted by Crippen LogP contribution is 2.27. The number of nitrogens with two attached hydrogens (primary N) is 2. The maximum absolute atomic E-state index is 11.3. The summed E-state index contributed by atoms with van der Waals surface area (Å²) >= 11 is 0. The van der Waals surface area contributed by atoms with E-state index in [0.717, 1.165) is 30.8 Å². The average molecular weight is 386 g/mol. The molecule has 0 radical (unpaired) electrons. The van der Waals surface area contributed by atoms with E-state index in [2.05, 4.69) is 29.6 Å². The first-order valence-electron chi connectivity index (χ1n) is 9.06. The molecule has 0 saturated heterocycles. The quantitative estimate of drug-likeness (QED) is 0.583. The van der Waals surface area contributed by atoms with Gasteiger partial charge in [0.2, 0.25) is 10.0 Å². The predicted molar refractivity (Wildman–Crippen MR) is 107 cm³/mol. The Balaban J connectivity index is 1.66. The predicted octanol–water partition coefficient (Wildman–Crippen LogP) is 2.19. The van der Waals surface area contributed by atoms with Crippen LogP contribution in [-0.4, -0.2) is 21.6 Å². The summed E-state index contributed by atoms with van der Waals surface area (Å²) < 4.78 is 28.4. The molecule has 27 heavy (non-hydrogen) atoms. The number of primary sulfonamides is 1. The third kappa shape index (κ3) is 4.86. The van der Waals surface area contributed by atoms with Gasteiger partial charge in [-0.2, -0.15) is 0 Å². The maximum Gasteiger partial charge on any atom is 0.238 e. The van der Waals surface area contributed by atoms with Crippen molar-refractivity contribution in [2.75, 3.05) is 13.2 Å². The first kappa shape index (κ1) is 19.4. The molecule has 3 aromatic rings. The number of rotatable bonds is 8. The van der Waals surface area contributed by atoms with Gasteiger partial charge in [-0.15, -0.1) is 0 Å². The van der Waals surface area contributed by atoms with E-state index in [9.17, 15) is 8.42 Å². The SMILES string of the molecule is CCOc1ccc2ccccc2c1C[NH2+]CCc1ccc(S(N)(=O)=O)cc1. The molecule has 0 atom stereocenters. The fourth-order valence-electron chi connectivity index (χ4n) is 3.18. The van der Waals surface area contributed by atoms with E-state index in [1.807, 2.05) is 31.2 Å². The smallest absolute Gasteiger partial charge is 0.238 e. The van der Waals surface area contributed by atoms with Crippen molar-refractivity contribution >= 4 is 20.8 Å². The van der Waals surface area contributed by atoms with Crippen molar-refractivity contribution in [3.8, 4) is 5.75 Å². The Labute approximate surface area is 160 Å². The van der Waals surface area contributed by atoms with Crippen LogP contribution in [0.3, 0.4) is 0 Å². The van der Waals surface area contributed by atoms with Gasteiger partial charge >= 0.3 is 0 Å². The zero-order valence-electron chi connectivity index (χ0n) is 15.4. The van der Waals surface area contributed by atoms with Crippen LogP contribution in [0.5, 0.6) is 5.75 Å².